The zero-order chi connectivity index (χ0) is 45.9. The molecule has 3 N–H and O–H groups in total. The fraction of sp³-hybridized carbons (Fsp3) is 0.754. The first kappa shape index (κ1) is 60.3. The van der Waals surface area contributed by atoms with Gasteiger partial charge >= 0.3 is 5.97 Å². The second-order valence-corrected chi connectivity index (χ2v) is 18.0. The molecule has 0 heterocycles. The molecule has 3 unspecified atom stereocenters. The number of ether oxygens (including phenoxy) is 1. The maximum atomic E-state index is 13.2. The van der Waals surface area contributed by atoms with Crippen LogP contribution in [0.15, 0.2) is 72.9 Å². The normalized spacial score (nSPS) is 13.8. The molecular weight excluding hydrogens is 779 g/mol. The smallest absolute Gasteiger partial charge is 0.306 e. The molecule has 364 valence electrons. The van der Waals surface area contributed by atoms with Crippen LogP contribution >= 0.6 is 0 Å². The van der Waals surface area contributed by atoms with Crippen LogP contribution in [0, 0.1) is 0 Å². The van der Waals surface area contributed by atoms with Crippen molar-refractivity contribution in [3.8, 4) is 0 Å². The van der Waals surface area contributed by atoms with Crippen molar-refractivity contribution < 1.29 is 24.5 Å². The van der Waals surface area contributed by atoms with Crippen LogP contribution in [-0.4, -0.2) is 46.9 Å². The molecule has 0 saturated carbocycles. The summed E-state index contributed by atoms with van der Waals surface area (Å²) < 4.78 is 5.90. The average Bonchev–Trinajstić information content (AvgIpc) is 3.28. The monoisotopic (exact) mass is 880 g/mol. The zero-order valence-corrected chi connectivity index (χ0v) is 41.4. The number of rotatable bonds is 47. The van der Waals surface area contributed by atoms with E-state index >= 15 is 0 Å². The molecule has 0 aliphatic rings. The van der Waals surface area contributed by atoms with E-state index in [1.165, 1.54) is 135 Å². The van der Waals surface area contributed by atoms with Crippen LogP contribution in [0.2, 0.25) is 0 Å². The lowest BCUT2D eigenvalue weighted by Gasteiger charge is -2.24. The van der Waals surface area contributed by atoms with Gasteiger partial charge in [-0.15, -0.1) is 0 Å². The number of aliphatic hydroxyl groups is 2. The zero-order valence-electron chi connectivity index (χ0n) is 41.4. The summed E-state index contributed by atoms with van der Waals surface area (Å²) in [4.78, 5) is 26.1. The lowest BCUT2D eigenvalue weighted by atomic mass is 10.0. The highest BCUT2D eigenvalue weighted by Gasteiger charge is 2.24. The maximum absolute atomic E-state index is 13.2. The number of hydrogen-bond acceptors (Lipinski definition) is 5. The van der Waals surface area contributed by atoms with Gasteiger partial charge in [-0.25, -0.2) is 0 Å². The maximum Gasteiger partial charge on any atom is 0.306 e. The summed E-state index contributed by atoms with van der Waals surface area (Å²) in [6, 6.07) is -0.722. The minimum atomic E-state index is -0.805. The lowest BCUT2D eigenvalue weighted by molar-refractivity contribution is -0.151. The van der Waals surface area contributed by atoms with Gasteiger partial charge in [0.2, 0.25) is 5.91 Å². The first-order chi connectivity index (χ1) is 31.0. The molecule has 63 heavy (non-hydrogen) atoms. The third-order valence-corrected chi connectivity index (χ3v) is 11.9. The SMILES string of the molecule is CC/C=C/C=C/C=C\C=C/C=C/CCCCCC(=O)OC(CCC/C=C\CCCCCCCCC)CC(=O)NC(CO)C(O)CCCCCCCCCCCCCCCCCCC. The average molecular weight is 880 g/mol. The number of aliphatic hydroxyl groups excluding tert-OH is 2. The molecule has 0 aromatic rings. The first-order valence-electron chi connectivity index (χ1n) is 26.7. The molecule has 3 atom stereocenters. The Bertz CT molecular complexity index is 1170. The molecule has 0 spiro atoms. The van der Waals surface area contributed by atoms with E-state index in [0.29, 0.717) is 19.3 Å². The molecular formula is C57H101NO5. The van der Waals surface area contributed by atoms with Crippen molar-refractivity contribution in [1.82, 2.24) is 5.32 Å². The molecule has 0 aromatic carbocycles. The summed E-state index contributed by atoms with van der Waals surface area (Å²) in [6.45, 7) is 6.33. The molecule has 0 bridgehead atoms. The molecule has 6 nitrogen and oxygen atoms in total. The standard InChI is InChI=1S/C57H101NO5/c1-4-7-10-13-16-19-22-25-27-28-30-31-34-37-40-43-46-49-55(60)54(52-59)58-56(61)51-53(48-45-42-39-36-33-24-21-18-15-12-9-6-3)63-57(62)50-47-44-41-38-35-32-29-26-23-20-17-14-11-8-5-2/h8,11,14,17,20,23,26,29,32,35-36,39,53-55,59-60H,4-7,9-10,12-13,15-16,18-19,21-22,24-25,27-28,30-31,33-34,37-38,40-52H2,1-3H3,(H,58,61)/b11-8+,17-14+,23-20-,29-26-,35-32+,39-36-. The van der Waals surface area contributed by atoms with Gasteiger partial charge in [-0.3, -0.25) is 9.59 Å². The molecule has 1 amide bonds. The van der Waals surface area contributed by atoms with E-state index in [1.54, 1.807) is 0 Å². The second-order valence-electron chi connectivity index (χ2n) is 18.0. The van der Waals surface area contributed by atoms with E-state index in [2.05, 4.69) is 56.5 Å². The summed E-state index contributed by atoms with van der Waals surface area (Å²) in [6.07, 6.45) is 63.9. The second kappa shape index (κ2) is 50.3. The van der Waals surface area contributed by atoms with Gasteiger partial charge in [-0.1, -0.05) is 248 Å². The number of esters is 1. The number of carbonyl (C=O) groups is 2. The Morgan fingerprint density at radius 1 is 0.476 bits per heavy atom. The highest BCUT2D eigenvalue weighted by Crippen LogP contribution is 2.17. The highest BCUT2D eigenvalue weighted by molar-refractivity contribution is 5.77. The molecule has 0 aliphatic heterocycles. The van der Waals surface area contributed by atoms with E-state index in [4.69, 9.17) is 4.74 Å². The number of nitrogens with one attached hydrogen (secondary N) is 1. The van der Waals surface area contributed by atoms with Gasteiger partial charge in [0, 0.05) is 6.42 Å². The van der Waals surface area contributed by atoms with E-state index < -0.39 is 18.2 Å². The van der Waals surface area contributed by atoms with Crippen molar-refractivity contribution in [3.63, 3.8) is 0 Å². The van der Waals surface area contributed by atoms with Crippen molar-refractivity contribution in [1.29, 1.82) is 0 Å². The summed E-state index contributed by atoms with van der Waals surface area (Å²) in [5, 5.41) is 23.8. The van der Waals surface area contributed by atoms with Crippen LogP contribution < -0.4 is 5.32 Å². The molecule has 0 fully saturated rings. The van der Waals surface area contributed by atoms with E-state index in [1.807, 2.05) is 42.5 Å². The predicted octanol–water partition coefficient (Wildman–Crippen LogP) is 16.2. The van der Waals surface area contributed by atoms with Crippen LogP contribution in [0.5, 0.6) is 0 Å². The van der Waals surface area contributed by atoms with Crippen molar-refractivity contribution in [2.45, 2.75) is 270 Å². The highest BCUT2D eigenvalue weighted by atomic mass is 16.5. The van der Waals surface area contributed by atoms with E-state index in [-0.39, 0.29) is 24.9 Å². The van der Waals surface area contributed by atoms with Crippen LogP contribution in [0.1, 0.15) is 252 Å². The number of hydrogen-bond donors (Lipinski definition) is 3. The van der Waals surface area contributed by atoms with Crippen LogP contribution in [0.25, 0.3) is 0 Å². The third-order valence-electron chi connectivity index (χ3n) is 11.9. The number of carbonyl (C=O) groups excluding carboxylic acids is 2. The van der Waals surface area contributed by atoms with Crippen molar-refractivity contribution in [3.05, 3.63) is 72.9 Å². The number of allylic oxidation sites excluding steroid dienone is 12. The van der Waals surface area contributed by atoms with Crippen LogP contribution in [0.4, 0.5) is 0 Å². The Kier molecular flexibility index (Phi) is 48.1. The predicted molar refractivity (Wildman–Crippen MR) is 273 cm³/mol. The fourth-order valence-corrected chi connectivity index (χ4v) is 7.86. The van der Waals surface area contributed by atoms with Gasteiger partial charge in [-0.2, -0.15) is 0 Å². The molecule has 0 aromatic heterocycles. The molecule has 0 saturated heterocycles. The Balaban J connectivity index is 4.60. The summed E-state index contributed by atoms with van der Waals surface area (Å²) in [7, 11) is 0. The minimum absolute atomic E-state index is 0.0372. The van der Waals surface area contributed by atoms with E-state index in [9.17, 15) is 19.8 Å². The van der Waals surface area contributed by atoms with Gasteiger partial charge in [-0.05, 0) is 64.2 Å². The van der Waals surface area contributed by atoms with Gasteiger partial charge < -0.3 is 20.3 Å². The van der Waals surface area contributed by atoms with Crippen molar-refractivity contribution in [2.24, 2.45) is 0 Å². The first-order valence-corrected chi connectivity index (χ1v) is 26.7. The molecule has 6 heteroatoms. The van der Waals surface area contributed by atoms with Crippen molar-refractivity contribution >= 4 is 11.9 Å². The number of amides is 1. The van der Waals surface area contributed by atoms with E-state index in [0.717, 1.165) is 70.6 Å². The molecule has 0 rings (SSSR count). The minimum Gasteiger partial charge on any atom is -0.462 e. The van der Waals surface area contributed by atoms with Crippen LogP contribution in [0.3, 0.4) is 0 Å². The Labute approximate surface area is 390 Å². The van der Waals surface area contributed by atoms with Gasteiger partial charge in [0.05, 0.1) is 25.2 Å². The van der Waals surface area contributed by atoms with Gasteiger partial charge in [0.1, 0.15) is 6.10 Å². The molecule has 0 radical (unpaired) electrons. The van der Waals surface area contributed by atoms with Crippen molar-refractivity contribution in [2.75, 3.05) is 6.61 Å². The Morgan fingerprint density at radius 3 is 1.38 bits per heavy atom. The Morgan fingerprint density at radius 2 is 0.889 bits per heavy atom. The summed E-state index contributed by atoms with van der Waals surface area (Å²) in [5.41, 5.74) is 0. The van der Waals surface area contributed by atoms with Gasteiger partial charge in [0.15, 0.2) is 0 Å². The summed E-state index contributed by atoms with van der Waals surface area (Å²) in [5.74, 6) is -0.552. The topological polar surface area (TPSA) is 95.9 Å². The van der Waals surface area contributed by atoms with Gasteiger partial charge in [0.25, 0.3) is 0 Å². The quantitative estimate of drug-likeness (QED) is 0.0245. The Hall–Kier alpha value is -2.70. The van der Waals surface area contributed by atoms with Crippen LogP contribution in [-0.2, 0) is 14.3 Å². The number of unbranched alkanes of at least 4 members (excludes halogenated alkanes) is 27. The fourth-order valence-electron chi connectivity index (χ4n) is 7.86. The lowest BCUT2D eigenvalue weighted by Crippen LogP contribution is -2.46. The third kappa shape index (κ3) is 45.7. The summed E-state index contributed by atoms with van der Waals surface area (Å²) >= 11 is 0. The largest absolute Gasteiger partial charge is 0.462 e. The molecule has 0 aliphatic carbocycles.